The van der Waals surface area contributed by atoms with Gasteiger partial charge in [-0.1, -0.05) is 26.2 Å². The predicted octanol–water partition coefficient (Wildman–Crippen LogP) is 3.57. The maximum absolute atomic E-state index is 13.8. The third-order valence-corrected chi connectivity index (χ3v) is 3.65. The Kier molecular flexibility index (Phi) is 4.56. The maximum atomic E-state index is 13.8. The highest BCUT2D eigenvalue weighted by atomic mass is 19.1. The Hall–Kier alpha value is -1.39. The van der Waals surface area contributed by atoms with Gasteiger partial charge in [-0.15, -0.1) is 0 Å². The number of nitrogens with zero attached hydrogens (tertiary/aromatic N) is 2. The van der Waals surface area contributed by atoms with Crippen molar-refractivity contribution in [2.75, 3.05) is 17.2 Å². The molecule has 1 aliphatic carbocycles. The largest absolute Gasteiger partial charge is 0.362 e. The Morgan fingerprint density at radius 2 is 2.05 bits per heavy atom. The van der Waals surface area contributed by atoms with Crippen molar-refractivity contribution < 1.29 is 4.39 Å². The highest BCUT2D eigenvalue weighted by molar-refractivity contribution is 5.43. The van der Waals surface area contributed by atoms with Gasteiger partial charge >= 0.3 is 0 Å². The molecule has 0 aliphatic heterocycles. The minimum absolute atomic E-state index is 0.0462. The van der Waals surface area contributed by atoms with Gasteiger partial charge in [-0.25, -0.2) is 9.37 Å². The van der Waals surface area contributed by atoms with Gasteiger partial charge in [0.25, 0.3) is 0 Å². The second-order valence-corrected chi connectivity index (χ2v) is 5.56. The van der Waals surface area contributed by atoms with Gasteiger partial charge < -0.3 is 10.6 Å². The average molecular weight is 266 g/mol. The summed E-state index contributed by atoms with van der Waals surface area (Å²) >= 11 is 0. The number of aromatic nitrogens is 2. The van der Waals surface area contributed by atoms with Gasteiger partial charge in [0, 0.05) is 12.1 Å². The summed E-state index contributed by atoms with van der Waals surface area (Å²) in [5.74, 6) is 0.428. The molecule has 1 fully saturated rings. The Bertz CT molecular complexity index is 416. The van der Waals surface area contributed by atoms with Crippen molar-refractivity contribution in [3.63, 3.8) is 0 Å². The van der Waals surface area contributed by atoms with Gasteiger partial charge in [0.2, 0.25) is 5.95 Å². The van der Waals surface area contributed by atoms with Crippen molar-refractivity contribution >= 4 is 11.8 Å². The molecule has 5 heteroatoms. The van der Waals surface area contributed by atoms with E-state index in [1.54, 1.807) is 0 Å². The summed E-state index contributed by atoms with van der Waals surface area (Å²) in [5.41, 5.74) is -0.0462. The van der Waals surface area contributed by atoms with Crippen molar-refractivity contribution in [2.24, 2.45) is 0 Å². The minimum atomic E-state index is -0.381. The first kappa shape index (κ1) is 14.0. The third kappa shape index (κ3) is 3.78. The molecule has 1 aromatic heterocycles. The van der Waals surface area contributed by atoms with Crippen molar-refractivity contribution in [3.05, 3.63) is 12.0 Å². The number of anilines is 2. The fourth-order valence-electron chi connectivity index (χ4n) is 2.52. The van der Waals surface area contributed by atoms with E-state index in [2.05, 4.69) is 34.4 Å². The summed E-state index contributed by atoms with van der Waals surface area (Å²) in [5, 5.41) is 6.36. The summed E-state index contributed by atoms with van der Waals surface area (Å²) in [6.07, 6.45) is 8.00. The molecule has 0 atom stereocenters. The first-order valence-corrected chi connectivity index (χ1v) is 7.17. The number of halogens is 1. The van der Waals surface area contributed by atoms with Crippen LogP contribution in [0.1, 0.15) is 52.4 Å². The van der Waals surface area contributed by atoms with Crippen LogP contribution in [0.2, 0.25) is 0 Å². The van der Waals surface area contributed by atoms with Gasteiger partial charge in [0.15, 0.2) is 11.6 Å². The van der Waals surface area contributed by atoms with Crippen LogP contribution >= 0.6 is 0 Å². The molecule has 1 heterocycles. The first-order chi connectivity index (χ1) is 9.13. The van der Waals surface area contributed by atoms with Crippen LogP contribution in [0, 0.1) is 5.82 Å². The monoisotopic (exact) mass is 266 g/mol. The van der Waals surface area contributed by atoms with Crippen molar-refractivity contribution in [1.29, 1.82) is 0 Å². The van der Waals surface area contributed by atoms with Crippen LogP contribution in [0.25, 0.3) is 0 Å². The molecular formula is C14H23FN4. The zero-order valence-electron chi connectivity index (χ0n) is 11.8. The van der Waals surface area contributed by atoms with Crippen LogP contribution in [0.4, 0.5) is 16.2 Å². The third-order valence-electron chi connectivity index (χ3n) is 3.65. The molecule has 0 aromatic carbocycles. The molecule has 0 bridgehead atoms. The zero-order valence-corrected chi connectivity index (χ0v) is 11.8. The molecule has 19 heavy (non-hydrogen) atoms. The fourth-order valence-corrected chi connectivity index (χ4v) is 2.52. The molecule has 1 aromatic rings. The van der Waals surface area contributed by atoms with E-state index < -0.39 is 0 Å². The summed E-state index contributed by atoms with van der Waals surface area (Å²) in [7, 11) is 0. The topological polar surface area (TPSA) is 49.8 Å². The molecule has 2 N–H and O–H groups in total. The van der Waals surface area contributed by atoms with E-state index in [9.17, 15) is 4.39 Å². The Balaban J connectivity index is 2.09. The number of hydrogen-bond acceptors (Lipinski definition) is 4. The van der Waals surface area contributed by atoms with Crippen LogP contribution < -0.4 is 10.6 Å². The van der Waals surface area contributed by atoms with Crippen LogP contribution in [0.5, 0.6) is 0 Å². The molecule has 0 spiro atoms. The van der Waals surface area contributed by atoms with E-state index >= 15 is 0 Å². The minimum Gasteiger partial charge on any atom is -0.362 e. The first-order valence-electron chi connectivity index (χ1n) is 7.17. The van der Waals surface area contributed by atoms with Crippen LogP contribution in [-0.2, 0) is 0 Å². The number of hydrogen-bond donors (Lipinski definition) is 2. The van der Waals surface area contributed by atoms with E-state index in [4.69, 9.17) is 0 Å². The molecule has 106 valence electrons. The zero-order chi connectivity index (χ0) is 13.7. The Morgan fingerprint density at radius 3 is 2.74 bits per heavy atom. The van der Waals surface area contributed by atoms with E-state index in [0.717, 1.165) is 25.8 Å². The Morgan fingerprint density at radius 1 is 1.32 bits per heavy atom. The molecule has 4 nitrogen and oxygen atoms in total. The predicted molar refractivity (Wildman–Crippen MR) is 75.9 cm³/mol. The van der Waals surface area contributed by atoms with Gasteiger partial charge in [0.05, 0.1) is 6.20 Å². The lowest BCUT2D eigenvalue weighted by Gasteiger charge is -2.35. The van der Waals surface area contributed by atoms with Gasteiger partial charge in [-0.3, -0.25) is 0 Å². The smallest absolute Gasteiger partial charge is 0.224 e. The average Bonchev–Trinajstić information content (AvgIpc) is 2.40. The lowest BCUT2D eigenvalue weighted by molar-refractivity contribution is 0.347. The van der Waals surface area contributed by atoms with E-state index in [0.29, 0.717) is 11.8 Å². The second kappa shape index (κ2) is 6.17. The lowest BCUT2D eigenvalue weighted by Crippen LogP contribution is -2.37. The van der Waals surface area contributed by atoms with Gasteiger partial charge in [-0.05, 0) is 26.2 Å². The van der Waals surface area contributed by atoms with Gasteiger partial charge in [-0.2, -0.15) is 4.98 Å². The number of nitrogens with one attached hydrogen (secondary N) is 2. The van der Waals surface area contributed by atoms with E-state index in [1.165, 1.54) is 25.5 Å². The summed E-state index contributed by atoms with van der Waals surface area (Å²) in [4.78, 5) is 8.20. The molecule has 0 amide bonds. The molecule has 1 saturated carbocycles. The molecule has 0 radical (unpaired) electrons. The van der Waals surface area contributed by atoms with Crippen molar-refractivity contribution in [3.8, 4) is 0 Å². The van der Waals surface area contributed by atoms with Crippen LogP contribution in [-0.4, -0.2) is 22.1 Å². The second-order valence-electron chi connectivity index (χ2n) is 5.56. The van der Waals surface area contributed by atoms with Crippen molar-refractivity contribution in [1.82, 2.24) is 9.97 Å². The lowest BCUT2D eigenvalue weighted by atomic mass is 9.83. The molecular weight excluding hydrogens is 243 g/mol. The van der Waals surface area contributed by atoms with Crippen molar-refractivity contribution in [2.45, 2.75) is 57.9 Å². The highest BCUT2D eigenvalue weighted by Gasteiger charge is 2.28. The standard InChI is InChI=1S/C14H23FN4/c1-3-9-16-13-17-10-11(15)12(18-13)19-14(2)7-5-4-6-8-14/h10H,3-9H2,1-2H3,(H2,16,17,18,19). The molecule has 0 saturated heterocycles. The van der Waals surface area contributed by atoms with Gasteiger partial charge in [0.1, 0.15) is 0 Å². The molecule has 0 unspecified atom stereocenters. The Labute approximate surface area is 114 Å². The SMILES string of the molecule is CCCNc1ncc(F)c(NC2(C)CCCCC2)n1. The van der Waals surface area contributed by atoms with Crippen LogP contribution in [0.3, 0.4) is 0 Å². The summed E-state index contributed by atoms with van der Waals surface area (Å²) in [6, 6.07) is 0. The van der Waals surface area contributed by atoms with Crippen LogP contribution in [0.15, 0.2) is 6.20 Å². The van der Waals surface area contributed by atoms with E-state index in [1.807, 2.05) is 0 Å². The maximum Gasteiger partial charge on any atom is 0.224 e. The molecule has 2 rings (SSSR count). The summed E-state index contributed by atoms with van der Waals surface area (Å²) in [6.45, 7) is 5.01. The quantitative estimate of drug-likeness (QED) is 0.855. The highest BCUT2D eigenvalue weighted by Crippen LogP contribution is 2.31. The number of rotatable bonds is 5. The summed E-state index contributed by atoms with van der Waals surface area (Å²) < 4.78 is 13.8. The normalized spacial score (nSPS) is 18.1. The fraction of sp³-hybridized carbons (Fsp3) is 0.714. The van der Waals surface area contributed by atoms with E-state index in [-0.39, 0.29) is 11.4 Å². The molecule has 1 aliphatic rings.